The maximum absolute atomic E-state index is 12.3. The maximum Gasteiger partial charge on any atom is 0.278 e. The van der Waals surface area contributed by atoms with Crippen molar-refractivity contribution in [3.63, 3.8) is 0 Å². The summed E-state index contributed by atoms with van der Waals surface area (Å²) in [6.45, 7) is 0.637. The van der Waals surface area contributed by atoms with Crippen LogP contribution in [0, 0.1) is 0 Å². The van der Waals surface area contributed by atoms with Crippen LogP contribution in [0.15, 0.2) is 48.5 Å². The fourth-order valence-electron chi connectivity index (χ4n) is 2.68. The highest BCUT2D eigenvalue weighted by molar-refractivity contribution is 5.96. The van der Waals surface area contributed by atoms with Crippen molar-refractivity contribution in [2.24, 2.45) is 0 Å². The fraction of sp³-hybridized carbons (Fsp3) is 0.316. The smallest absolute Gasteiger partial charge is 0.278 e. The molecule has 1 fully saturated rings. The first-order valence-corrected chi connectivity index (χ1v) is 8.16. The number of amides is 1. The number of hydrogen-bond donors (Lipinski definition) is 2. The van der Waals surface area contributed by atoms with Crippen molar-refractivity contribution in [3.8, 4) is 5.75 Å². The van der Waals surface area contributed by atoms with E-state index in [1.165, 1.54) is 6.07 Å². The van der Waals surface area contributed by atoms with Gasteiger partial charge in [-0.05, 0) is 42.5 Å². The third kappa shape index (κ3) is 4.34. The molecule has 1 aliphatic rings. The van der Waals surface area contributed by atoms with Crippen molar-refractivity contribution in [1.82, 2.24) is 5.48 Å². The SMILES string of the molecule is O=C(NOC1CCCCO1)c1cc(Cc2ccccc2)ccc1O. The normalized spacial score (nSPS) is 17.4. The predicted molar refractivity (Wildman–Crippen MR) is 89.5 cm³/mol. The Balaban J connectivity index is 1.65. The Morgan fingerprint density at radius 1 is 1.17 bits per heavy atom. The zero-order valence-electron chi connectivity index (χ0n) is 13.4. The summed E-state index contributed by atoms with van der Waals surface area (Å²) in [6, 6.07) is 15.0. The quantitative estimate of drug-likeness (QED) is 0.828. The summed E-state index contributed by atoms with van der Waals surface area (Å²) >= 11 is 0. The second-order valence-electron chi connectivity index (χ2n) is 5.86. The summed E-state index contributed by atoms with van der Waals surface area (Å²) in [5.41, 5.74) is 4.65. The monoisotopic (exact) mass is 327 g/mol. The van der Waals surface area contributed by atoms with Crippen LogP contribution in [0.3, 0.4) is 0 Å². The number of carbonyl (C=O) groups excluding carboxylic acids is 1. The van der Waals surface area contributed by atoms with E-state index in [4.69, 9.17) is 9.57 Å². The van der Waals surface area contributed by atoms with Gasteiger partial charge in [0.25, 0.3) is 5.91 Å². The Morgan fingerprint density at radius 2 is 2.00 bits per heavy atom. The summed E-state index contributed by atoms with van der Waals surface area (Å²) in [5, 5.41) is 9.96. The number of nitrogens with one attached hydrogen (secondary N) is 1. The van der Waals surface area contributed by atoms with Crippen LogP contribution in [-0.2, 0) is 16.0 Å². The third-order valence-electron chi connectivity index (χ3n) is 3.98. The molecule has 0 aliphatic carbocycles. The van der Waals surface area contributed by atoms with E-state index in [9.17, 15) is 9.90 Å². The van der Waals surface area contributed by atoms with Crippen molar-refractivity contribution < 1.29 is 19.5 Å². The molecule has 5 heteroatoms. The van der Waals surface area contributed by atoms with Gasteiger partial charge in [-0.1, -0.05) is 36.4 Å². The highest BCUT2D eigenvalue weighted by Gasteiger charge is 2.18. The van der Waals surface area contributed by atoms with Crippen LogP contribution >= 0.6 is 0 Å². The van der Waals surface area contributed by atoms with E-state index in [-0.39, 0.29) is 11.3 Å². The van der Waals surface area contributed by atoms with Crippen LogP contribution in [0.4, 0.5) is 0 Å². The summed E-state index contributed by atoms with van der Waals surface area (Å²) in [7, 11) is 0. The molecule has 2 aromatic carbocycles. The molecule has 0 aromatic heterocycles. The molecule has 0 radical (unpaired) electrons. The lowest BCUT2D eigenvalue weighted by Gasteiger charge is -2.22. The second kappa shape index (κ2) is 7.95. The summed E-state index contributed by atoms with van der Waals surface area (Å²) < 4.78 is 5.40. The predicted octanol–water partition coefficient (Wildman–Crippen LogP) is 3.17. The Hall–Kier alpha value is -2.37. The van der Waals surface area contributed by atoms with Gasteiger partial charge in [0.1, 0.15) is 5.75 Å². The third-order valence-corrected chi connectivity index (χ3v) is 3.98. The molecule has 1 unspecified atom stereocenters. The average Bonchev–Trinajstić information content (AvgIpc) is 2.63. The molecule has 2 aromatic rings. The minimum absolute atomic E-state index is 0.0718. The molecule has 0 saturated carbocycles. The van der Waals surface area contributed by atoms with Gasteiger partial charge in [0.2, 0.25) is 0 Å². The lowest BCUT2D eigenvalue weighted by molar-refractivity contribution is -0.186. The van der Waals surface area contributed by atoms with Crippen molar-refractivity contribution in [3.05, 3.63) is 65.2 Å². The van der Waals surface area contributed by atoms with E-state index in [1.54, 1.807) is 6.07 Å². The van der Waals surface area contributed by atoms with Gasteiger partial charge in [0, 0.05) is 13.0 Å². The van der Waals surface area contributed by atoms with Crippen LogP contribution < -0.4 is 5.48 Å². The topological polar surface area (TPSA) is 67.8 Å². The van der Waals surface area contributed by atoms with Crippen LogP contribution in [-0.4, -0.2) is 23.9 Å². The molecule has 5 nitrogen and oxygen atoms in total. The van der Waals surface area contributed by atoms with Gasteiger partial charge >= 0.3 is 0 Å². The van der Waals surface area contributed by atoms with Gasteiger partial charge < -0.3 is 9.84 Å². The van der Waals surface area contributed by atoms with Gasteiger partial charge in [-0.3, -0.25) is 4.79 Å². The number of ether oxygens (including phenoxy) is 1. The van der Waals surface area contributed by atoms with Gasteiger partial charge in [-0.2, -0.15) is 0 Å². The summed E-state index contributed by atoms with van der Waals surface area (Å²) in [4.78, 5) is 17.5. The van der Waals surface area contributed by atoms with Crippen molar-refractivity contribution in [2.75, 3.05) is 6.61 Å². The Kier molecular flexibility index (Phi) is 5.46. The molecule has 2 N–H and O–H groups in total. The van der Waals surface area contributed by atoms with Crippen LogP contribution in [0.2, 0.25) is 0 Å². The van der Waals surface area contributed by atoms with E-state index in [0.29, 0.717) is 13.0 Å². The van der Waals surface area contributed by atoms with Gasteiger partial charge in [0.15, 0.2) is 6.29 Å². The second-order valence-corrected chi connectivity index (χ2v) is 5.86. The zero-order valence-corrected chi connectivity index (χ0v) is 13.4. The molecule has 0 bridgehead atoms. The maximum atomic E-state index is 12.3. The van der Waals surface area contributed by atoms with Gasteiger partial charge in [-0.15, -0.1) is 0 Å². The molecule has 1 aliphatic heterocycles. The van der Waals surface area contributed by atoms with Crippen LogP contribution in [0.25, 0.3) is 0 Å². The highest BCUT2D eigenvalue weighted by Crippen LogP contribution is 2.21. The molecule has 1 atom stereocenters. The minimum atomic E-state index is -0.475. The zero-order chi connectivity index (χ0) is 16.8. The number of benzene rings is 2. The lowest BCUT2D eigenvalue weighted by atomic mass is 10.0. The Bertz CT molecular complexity index is 681. The van der Waals surface area contributed by atoms with E-state index in [2.05, 4.69) is 5.48 Å². The molecular weight excluding hydrogens is 306 g/mol. The first-order valence-electron chi connectivity index (χ1n) is 8.16. The van der Waals surface area contributed by atoms with Crippen LogP contribution in [0.5, 0.6) is 5.75 Å². The van der Waals surface area contributed by atoms with Gasteiger partial charge in [0.05, 0.1) is 5.56 Å². The van der Waals surface area contributed by atoms with E-state index in [0.717, 1.165) is 30.4 Å². The number of carbonyl (C=O) groups is 1. The van der Waals surface area contributed by atoms with E-state index < -0.39 is 12.2 Å². The summed E-state index contributed by atoms with van der Waals surface area (Å²) in [5.74, 6) is -0.547. The summed E-state index contributed by atoms with van der Waals surface area (Å²) in [6.07, 6.45) is 3.04. The molecule has 1 heterocycles. The number of phenolic OH excluding ortho intramolecular Hbond substituents is 1. The van der Waals surface area contributed by atoms with E-state index >= 15 is 0 Å². The standard InChI is InChI=1S/C19H21NO4/c21-17-10-9-15(12-14-6-2-1-3-7-14)13-16(17)19(22)20-24-18-8-4-5-11-23-18/h1-3,6-7,9-10,13,18,21H,4-5,8,11-12H2,(H,20,22). The first kappa shape index (κ1) is 16.5. The molecule has 126 valence electrons. The Morgan fingerprint density at radius 3 is 2.75 bits per heavy atom. The highest BCUT2D eigenvalue weighted by atomic mass is 16.8. The van der Waals surface area contributed by atoms with Crippen molar-refractivity contribution >= 4 is 5.91 Å². The first-order chi connectivity index (χ1) is 11.7. The number of rotatable bonds is 5. The largest absolute Gasteiger partial charge is 0.507 e. The fourth-order valence-corrected chi connectivity index (χ4v) is 2.68. The molecule has 24 heavy (non-hydrogen) atoms. The number of aromatic hydroxyl groups is 1. The lowest BCUT2D eigenvalue weighted by Crippen LogP contribution is -2.33. The van der Waals surface area contributed by atoms with Crippen molar-refractivity contribution in [2.45, 2.75) is 32.0 Å². The van der Waals surface area contributed by atoms with Gasteiger partial charge in [-0.25, -0.2) is 10.3 Å². The molecule has 1 saturated heterocycles. The number of phenols is 1. The minimum Gasteiger partial charge on any atom is -0.507 e. The average molecular weight is 327 g/mol. The number of hydrogen-bond acceptors (Lipinski definition) is 4. The van der Waals surface area contributed by atoms with Crippen LogP contribution in [0.1, 0.15) is 40.7 Å². The molecule has 3 rings (SSSR count). The Labute approximate surface area is 141 Å². The molecule has 1 amide bonds. The van der Waals surface area contributed by atoms with E-state index in [1.807, 2.05) is 36.4 Å². The van der Waals surface area contributed by atoms with Crippen molar-refractivity contribution in [1.29, 1.82) is 0 Å². The molecule has 0 spiro atoms. The molecular formula is C19H21NO4. The number of hydroxylamine groups is 1.